The molecule has 2 aromatic rings. The van der Waals surface area contributed by atoms with Crippen LogP contribution in [0.5, 0.6) is 0 Å². The van der Waals surface area contributed by atoms with Gasteiger partial charge in [-0.2, -0.15) is 5.10 Å². The zero-order valence-electron chi connectivity index (χ0n) is 11.4. The second-order valence-corrected chi connectivity index (χ2v) is 5.05. The Hall–Kier alpha value is -1.43. The molecule has 5 nitrogen and oxygen atoms in total. The molecule has 0 atom stereocenters. The molecule has 0 unspecified atom stereocenters. The van der Waals surface area contributed by atoms with E-state index in [1.807, 2.05) is 17.7 Å². The molecule has 2 aromatic heterocycles. The minimum atomic E-state index is 0.707. The lowest BCUT2D eigenvalue weighted by atomic mass is 10.3. The fourth-order valence-electron chi connectivity index (χ4n) is 1.81. The Bertz CT molecular complexity index is 564. The Morgan fingerprint density at radius 2 is 2.11 bits per heavy atom. The first-order valence-corrected chi connectivity index (χ1v) is 7.26. The molecule has 0 saturated heterocycles. The van der Waals surface area contributed by atoms with Crippen molar-refractivity contribution in [3.63, 3.8) is 0 Å². The number of nitrogens with one attached hydrogen (secondary N) is 1. The van der Waals surface area contributed by atoms with Crippen LogP contribution >= 0.6 is 15.9 Å². The van der Waals surface area contributed by atoms with E-state index in [9.17, 15) is 0 Å². The summed E-state index contributed by atoms with van der Waals surface area (Å²) in [6, 6.07) is 1.94. The summed E-state index contributed by atoms with van der Waals surface area (Å²) in [5, 5.41) is 7.58. The number of aromatic nitrogens is 4. The van der Waals surface area contributed by atoms with E-state index >= 15 is 0 Å². The SMILES string of the molecule is CCCNc1nc(-c2ccnn2CC)nc(C)c1Br. The lowest BCUT2D eigenvalue weighted by Crippen LogP contribution is -2.08. The lowest BCUT2D eigenvalue weighted by molar-refractivity contribution is 0.663. The molecule has 0 aliphatic heterocycles. The normalized spacial score (nSPS) is 10.7. The number of rotatable bonds is 5. The zero-order valence-corrected chi connectivity index (χ0v) is 13.0. The van der Waals surface area contributed by atoms with Gasteiger partial charge in [0, 0.05) is 19.3 Å². The van der Waals surface area contributed by atoms with Crippen LogP contribution in [0.4, 0.5) is 5.82 Å². The van der Waals surface area contributed by atoms with Crippen LogP contribution in [-0.4, -0.2) is 26.3 Å². The van der Waals surface area contributed by atoms with E-state index in [4.69, 9.17) is 0 Å². The second kappa shape index (κ2) is 6.14. The summed E-state index contributed by atoms with van der Waals surface area (Å²) in [6.07, 6.45) is 2.83. The maximum Gasteiger partial charge on any atom is 0.180 e. The molecule has 0 bridgehead atoms. The topological polar surface area (TPSA) is 55.6 Å². The van der Waals surface area contributed by atoms with E-state index in [2.05, 4.69) is 50.2 Å². The molecule has 2 heterocycles. The van der Waals surface area contributed by atoms with E-state index in [0.717, 1.165) is 41.2 Å². The smallest absolute Gasteiger partial charge is 0.180 e. The Labute approximate surface area is 121 Å². The Morgan fingerprint density at radius 1 is 1.32 bits per heavy atom. The molecule has 0 spiro atoms. The zero-order chi connectivity index (χ0) is 13.8. The van der Waals surface area contributed by atoms with E-state index in [1.54, 1.807) is 6.20 Å². The summed E-state index contributed by atoms with van der Waals surface area (Å²) in [5.41, 5.74) is 1.87. The predicted molar refractivity (Wildman–Crippen MR) is 80.1 cm³/mol. The molecule has 0 aliphatic rings. The van der Waals surface area contributed by atoms with Gasteiger partial charge in [0.15, 0.2) is 5.82 Å². The first-order valence-electron chi connectivity index (χ1n) is 6.47. The average Bonchev–Trinajstić information content (AvgIpc) is 2.88. The van der Waals surface area contributed by atoms with Crippen LogP contribution in [0.2, 0.25) is 0 Å². The number of halogens is 1. The van der Waals surface area contributed by atoms with Gasteiger partial charge in [-0.1, -0.05) is 6.92 Å². The lowest BCUT2D eigenvalue weighted by Gasteiger charge is -2.11. The van der Waals surface area contributed by atoms with Gasteiger partial charge >= 0.3 is 0 Å². The maximum absolute atomic E-state index is 4.59. The summed E-state index contributed by atoms with van der Waals surface area (Å²) in [5.74, 6) is 1.55. The molecule has 0 radical (unpaired) electrons. The Kier molecular flexibility index (Phi) is 4.52. The number of anilines is 1. The number of hydrogen-bond donors (Lipinski definition) is 1. The van der Waals surface area contributed by atoms with Crippen molar-refractivity contribution in [2.75, 3.05) is 11.9 Å². The molecular weight excluding hydrogens is 306 g/mol. The van der Waals surface area contributed by atoms with Crippen molar-refractivity contribution in [1.82, 2.24) is 19.7 Å². The minimum absolute atomic E-state index is 0.707. The summed E-state index contributed by atoms with van der Waals surface area (Å²) in [7, 11) is 0. The predicted octanol–water partition coefficient (Wildman–Crippen LogP) is 3.25. The molecule has 0 aromatic carbocycles. The molecule has 19 heavy (non-hydrogen) atoms. The molecule has 0 fully saturated rings. The number of hydrogen-bond acceptors (Lipinski definition) is 4. The number of nitrogens with zero attached hydrogens (tertiary/aromatic N) is 4. The Morgan fingerprint density at radius 3 is 2.79 bits per heavy atom. The molecule has 0 aliphatic carbocycles. The van der Waals surface area contributed by atoms with Gasteiger partial charge in [0.05, 0.1) is 10.2 Å². The van der Waals surface area contributed by atoms with E-state index in [-0.39, 0.29) is 0 Å². The minimum Gasteiger partial charge on any atom is -0.369 e. The summed E-state index contributed by atoms with van der Waals surface area (Å²) < 4.78 is 2.82. The third-order valence-corrected chi connectivity index (χ3v) is 3.75. The number of aryl methyl sites for hydroxylation is 2. The van der Waals surface area contributed by atoms with Crippen molar-refractivity contribution in [3.8, 4) is 11.5 Å². The molecule has 2 rings (SSSR count). The van der Waals surface area contributed by atoms with Gasteiger partial charge in [0.2, 0.25) is 0 Å². The van der Waals surface area contributed by atoms with Crippen LogP contribution in [0.15, 0.2) is 16.7 Å². The molecule has 0 amide bonds. The highest BCUT2D eigenvalue weighted by molar-refractivity contribution is 9.10. The molecule has 0 saturated carbocycles. The first kappa shape index (κ1) is 14.0. The largest absolute Gasteiger partial charge is 0.369 e. The van der Waals surface area contributed by atoms with Gasteiger partial charge < -0.3 is 5.32 Å². The van der Waals surface area contributed by atoms with Crippen molar-refractivity contribution < 1.29 is 0 Å². The van der Waals surface area contributed by atoms with Gasteiger partial charge in [-0.15, -0.1) is 0 Å². The quantitative estimate of drug-likeness (QED) is 0.917. The monoisotopic (exact) mass is 323 g/mol. The third kappa shape index (κ3) is 2.94. The third-order valence-electron chi connectivity index (χ3n) is 2.80. The molecular formula is C13H18BrN5. The summed E-state index contributed by atoms with van der Waals surface area (Å²) >= 11 is 3.53. The first-order chi connectivity index (χ1) is 9.17. The summed E-state index contributed by atoms with van der Waals surface area (Å²) in [4.78, 5) is 9.13. The second-order valence-electron chi connectivity index (χ2n) is 4.25. The highest BCUT2D eigenvalue weighted by Crippen LogP contribution is 2.26. The molecule has 102 valence electrons. The van der Waals surface area contributed by atoms with Crippen LogP contribution in [0.1, 0.15) is 26.0 Å². The van der Waals surface area contributed by atoms with Gasteiger partial charge in [-0.05, 0) is 42.3 Å². The fraction of sp³-hybridized carbons (Fsp3) is 0.462. The van der Waals surface area contributed by atoms with Crippen LogP contribution < -0.4 is 5.32 Å². The highest BCUT2D eigenvalue weighted by atomic mass is 79.9. The van der Waals surface area contributed by atoms with Crippen molar-refractivity contribution in [3.05, 3.63) is 22.4 Å². The fourth-order valence-corrected chi connectivity index (χ4v) is 2.13. The van der Waals surface area contributed by atoms with Crippen molar-refractivity contribution in [2.45, 2.75) is 33.7 Å². The van der Waals surface area contributed by atoms with Crippen molar-refractivity contribution in [1.29, 1.82) is 0 Å². The van der Waals surface area contributed by atoms with Gasteiger partial charge in [-0.3, -0.25) is 4.68 Å². The van der Waals surface area contributed by atoms with Crippen LogP contribution in [0, 0.1) is 6.92 Å². The van der Waals surface area contributed by atoms with Crippen molar-refractivity contribution in [2.24, 2.45) is 0 Å². The maximum atomic E-state index is 4.59. The molecule has 1 N–H and O–H groups in total. The van der Waals surface area contributed by atoms with Gasteiger partial charge in [0.1, 0.15) is 11.5 Å². The Balaban J connectivity index is 2.44. The van der Waals surface area contributed by atoms with Crippen LogP contribution in [0.25, 0.3) is 11.5 Å². The van der Waals surface area contributed by atoms with E-state index < -0.39 is 0 Å². The van der Waals surface area contributed by atoms with Gasteiger partial charge in [0.25, 0.3) is 0 Å². The standard InChI is InChI=1S/C13H18BrN5/c1-4-7-15-13-11(14)9(3)17-12(18-13)10-6-8-16-19(10)5-2/h6,8H,4-5,7H2,1-3H3,(H,15,17,18). The van der Waals surface area contributed by atoms with E-state index in [0.29, 0.717) is 5.82 Å². The average molecular weight is 324 g/mol. The van der Waals surface area contributed by atoms with E-state index in [1.165, 1.54) is 0 Å². The highest BCUT2D eigenvalue weighted by Gasteiger charge is 2.13. The molecule has 6 heteroatoms. The summed E-state index contributed by atoms with van der Waals surface area (Å²) in [6.45, 7) is 7.85. The van der Waals surface area contributed by atoms with Crippen LogP contribution in [0.3, 0.4) is 0 Å². The van der Waals surface area contributed by atoms with Crippen LogP contribution in [-0.2, 0) is 6.54 Å². The van der Waals surface area contributed by atoms with Gasteiger partial charge in [-0.25, -0.2) is 9.97 Å². The van der Waals surface area contributed by atoms with Crippen molar-refractivity contribution >= 4 is 21.7 Å².